The van der Waals surface area contributed by atoms with Gasteiger partial charge in [-0.2, -0.15) is 26.3 Å². The lowest BCUT2D eigenvalue weighted by molar-refractivity contribution is -0.138. The Hall–Kier alpha value is -3.87. The molecule has 5 rings (SSSR count). The summed E-state index contributed by atoms with van der Waals surface area (Å²) in [4.78, 5) is 23.3. The van der Waals surface area contributed by atoms with E-state index in [2.05, 4.69) is 14.9 Å². The highest BCUT2D eigenvalue weighted by Crippen LogP contribution is 2.41. The minimum atomic E-state index is -4.59. The monoisotopic (exact) mass is 566 g/mol. The molecule has 1 aromatic carbocycles. The van der Waals surface area contributed by atoms with Crippen LogP contribution < -0.4 is 9.47 Å². The van der Waals surface area contributed by atoms with E-state index in [1.54, 1.807) is 18.2 Å². The minimum absolute atomic E-state index is 0.00974. The summed E-state index contributed by atoms with van der Waals surface area (Å²) in [6.07, 6.45) is -4.66. The molecule has 0 saturated carbocycles. The lowest BCUT2D eigenvalue weighted by atomic mass is 9.72. The van der Waals surface area contributed by atoms with Crippen molar-refractivity contribution >= 4 is 6.09 Å². The second-order valence-corrected chi connectivity index (χ2v) is 10.1. The maximum atomic E-state index is 12.9. The average molecular weight is 567 g/mol. The van der Waals surface area contributed by atoms with Crippen molar-refractivity contribution in [2.75, 3.05) is 26.2 Å². The van der Waals surface area contributed by atoms with E-state index in [4.69, 9.17) is 9.47 Å². The number of hydrogen-bond acceptors (Lipinski definition) is 6. The van der Waals surface area contributed by atoms with E-state index in [1.165, 1.54) is 11.1 Å². The number of alkyl halides is 6. The molecule has 0 radical (unpaired) electrons. The summed E-state index contributed by atoms with van der Waals surface area (Å²) in [5, 5.41) is 0. The van der Waals surface area contributed by atoms with Crippen LogP contribution in [0.1, 0.15) is 29.5 Å². The molecule has 2 aliphatic rings. The zero-order valence-electron chi connectivity index (χ0n) is 21.0. The quantitative estimate of drug-likeness (QED) is 0.333. The third-order valence-electron chi connectivity index (χ3n) is 7.03. The van der Waals surface area contributed by atoms with Gasteiger partial charge in [0.25, 0.3) is 0 Å². The Kier molecular flexibility index (Phi) is 7.34. The number of carbonyl (C=O) groups is 1. The molecule has 2 saturated heterocycles. The summed E-state index contributed by atoms with van der Waals surface area (Å²) < 4.78 is 88.2. The van der Waals surface area contributed by atoms with Gasteiger partial charge in [-0.3, -0.25) is 14.9 Å². The van der Waals surface area contributed by atoms with E-state index in [0.717, 1.165) is 56.0 Å². The Morgan fingerprint density at radius 3 is 2.05 bits per heavy atom. The number of pyridine rings is 2. The van der Waals surface area contributed by atoms with E-state index in [1.807, 2.05) is 6.07 Å². The number of aromatic nitrogens is 2. The maximum Gasteiger partial charge on any atom is 0.418 e. The molecular weight excluding hydrogens is 542 g/mol. The molecule has 2 fully saturated rings. The van der Waals surface area contributed by atoms with Crippen molar-refractivity contribution in [2.24, 2.45) is 5.41 Å². The first kappa shape index (κ1) is 27.7. The van der Waals surface area contributed by atoms with Crippen LogP contribution in [-0.2, 0) is 18.9 Å². The van der Waals surface area contributed by atoms with E-state index in [0.29, 0.717) is 31.6 Å². The molecule has 2 aliphatic heterocycles. The van der Waals surface area contributed by atoms with Crippen LogP contribution in [-0.4, -0.2) is 52.0 Å². The Labute approximate surface area is 225 Å². The zero-order valence-corrected chi connectivity index (χ0v) is 21.0. The van der Waals surface area contributed by atoms with Gasteiger partial charge in [-0.1, -0.05) is 12.1 Å². The van der Waals surface area contributed by atoms with Gasteiger partial charge in [0, 0.05) is 45.1 Å². The lowest BCUT2D eigenvalue weighted by Crippen LogP contribution is -2.60. The van der Waals surface area contributed by atoms with Gasteiger partial charge < -0.3 is 14.4 Å². The first-order chi connectivity index (χ1) is 18.9. The highest BCUT2D eigenvalue weighted by atomic mass is 19.4. The predicted molar refractivity (Wildman–Crippen MR) is 130 cm³/mol. The Bertz CT molecular complexity index is 1360. The van der Waals surface area contributed by atoms with Crippen LogP contribution >= 0.6 is 0 Å². The molecule has 2 aromatic heterocycles. The van der Waals surface area contributed by atoms with Gasteiger partial charge in [0.2, 0.25) is 0 Å². The molecule has 13 heteroatoms. The molecule has 1 amide bonds. The van der Waals surface area contributed by atoms with Crippen molar-refractivity contribution < 1.29 is 40.6 Å². The number of ether oxygens (including phenoxy) is 2. The number of halogens is 6. The lowest BCUT2D eigenvalue weighted by Gasteiger charge is -2.54. The van der Waals surface area contributed by atoms with Gasteiger partial charge >= 0.3 is 18.4 Å². The van der Waals surface area contributed by atoms with Crippen LogP contribution in [0.25, 0.3) is 0 Å². The van der Waals surface area contributed by atoms with E-state index < -0.39 is 29.6 Å². The van der Waals surface area contributed by atoms with Crippen molar-refractivity contribution in [3.63, 3.8) is 0 Å². The third-order valence-corrected chi connectivity index (χ3v) is 7.03. The van der Waals surface area contributed by atoms with E-state index >= 15 is 0 Å². The fourth-order valence-corrected chi connectivity index (χ4v) is 5.02. The Balaban J connectivity index is 1.10. The van der Waals surface area contributed by atoms with Crippen molar-refractivity contribution in [3.05, 3.63) is 77.9 Å². The SMILES string of the molecule is O=C(Oc1cncc(C(F)(F)F)c1)N1CCC2(CC1)CN(Cc1cccc(Oc3cncc(C(F)(F)F)c3)c1)C2. The van der Waals surface area contributed by atoms with Gasteiger partial charge in [-0.05, 0) is 48.1 Å². The molecule has 0 aliphatic carbocycles. The van der Waals surface area contributed by atoms with Gasteiger partial charge in [-0.25, -0.2) is 4.79 Å². The summed E-state index contributed by atoms with van der Waals surface area (Å²) in [5.41, 5.74) is -0.913. The van der Waals surface area contributed by atoms with Crippen LogP contribution in [0.15, 0.2) is 61.2 Å². The number of hydrogen-bond donors (Lipinski definition) is 0. The van der Waals surface area contributed by atoms with Crippen LogP contribution in [0, 0.1) is 5.41 Å². The molecule has 1 spiro atoms. The summed E-state index contributed by atoms with van der Waals surface area (Å²) >= 11 is 0. The molecule has 0 bridgehead atoms. The standard InChI is InChI=1S/C27H24F6N4O3/c28-26(29,30)19-9-22(13-34-11-19)39-21-3-1-2-18(8-21)15-36-16-25(17-36)4-6-37(7-5-25)24(38)40-23-10-20(12-35-14-23)27(31,32)33/h1-3,8-14H,4-7,15-17H2. The Morgan fingerprint density at radius 1 is 0.825 bits per heavy atom. The van der Waals surface area contributed by atoms with Crippen molar-refractivity contribution in [3.8, 4) is 17.2 Å². The molecule has 0 atom stereocenters. The smallest absolute Gasteiger partial charge is 0.418 e. The number of amides is 1. The molecule has 0 N–H and O–H groups in total. The largest absolute Gasteiger partial charge is 0.456 e. The topological polar surface area (TPSA) is 67.8 Å². The summed E-state index contributed by atoms with van der Waals surface area (Å²) in [6.45, 7) is 3.07. The highest BCUT2D eigenvalue weighted by Gasteiger charge is 2.45. The number of rotatable bonds is 5. The fraction of sp³-hybridized carbons (Fsp3) is 0.370. The second kappa shape index (κ2) is 10.6. The van der Waals surface area contributed by atoms with E-state index in [9.17, 15) is 31.1 Å². The summed E-state index contributed by atoms with van der Waals surface area (Å²) in [7, 11) is 0. The normalized spacial score (nSPS) is 17.4. The zero-order chi connectivity index (χ0) is 28.5. The van der Waals surface area contributed by atoms with Crippen molar-refractivity contribution in [1.29, 1.82) is 0 Å². The van der Waals surface area contributed by atoms with Crippen LogP contribution in [0.2, 0.25) is 0 Å². The summed E-state index contributed by atoms with van der Waals surface area (Å²) in [5.74, 6) is 0.131. The number of carbonyl (C=O) groups excluding carboxylic acids is 1. The van der Waals surface area contributed by atoms with Crippen LogP contribution in [0.5, 0.6) is 17.2 Å². The molecule has 212 valence electrons. The first-order valence-corrected chi connectivity index (χ1v) is 12.4. The number of nitrogens with zero attached hydrogens (tertiary/aromatic N) is 4. The molecular formula is C27H24F6N4O3. The highest BCUT2D eigenvalue weighted by molar-refractivity contribution is 5.70. The molecule has 3 aromatic rings. The second-order valence-electron chi connectivity index (χ2n) is 10.1. The fourth-order valence-electron chi connectivity index (χ4n) is 5.02. The number of benzene rings is 1. The predicted octanol–water partition coefficient (Wildman–Crippen LogP) is 6.40. The molecule has 40 heavy (non-hydrogen) atoms. The average Bonchev–Trinajstić information content (AvgIpc) is 2.88. The molecule has 7 nitrogen and oxygen atoms in total. The molecule has 4 heterocycles. The third kappa shape index (κ3) is 6.46. The van der Waals surface area contributed by atoms with Gasteiger partial charge in [0.1, 0.15) is 11.5 Å². The Morgan fingerprint density at radius 2 is 1.43 bits per heavy atom. The minimum Gasteiger partial charge on any atom is -0.456 e. The van der Waals surface area contributed by atoms with Gasteiger partial charge in [0.05, 0.1) is 23.5 Å². The van der Waals surface area contributed by atoms with Crippen molar-refractivity contribution in [1.82, 2.24) is 19.8 Å². The summed E-state index contributed by atoms with van der Waals surface area (Å²) in [6, 6.07) is 8.75. The van der Waals surface area contributed by atoms with Gasteiger partial charge in [-0.15, -0.1) is 0 Å². The van der Waals surface area contributed by atoms with Crippen LogP contribution in [0.3, 0.4) is 0 Å². The van der Waals surface area contributed by atoms with Crippen molar-refractivity contribution in [2.45, 2.75) is 31.7 Å². The van der Waals surface area contributed by atoms with Gasteiger partial charge in [0.15, 0.2) is 5.75 Å². The van der Waals surface area contributed by atoms with Crippen LogP contribution in [0.4, 0.5) is 31.1 Å². The first-order valence-electron chi connectivity index (χ1n) is 12.4. The van der Waals surface area contributed by atoms with E-state index in [-0.39, 0.29) is 16.9 Å². The number of likely N-dealkylation sites (tertiary alicyclic amines) is 2. The maximum absolute atomic E-state index is 12.9. The number of piperidine rings is 1. The molecule has 0 unspecified atom stereocenters.